The number of ether oxygens (including phenoxy) is 1. The van der Waals surface area contributed by atoms with Gasteiger partial charge in [-0.3, -0.25) is 0 Å². The Balaban J connectivity index is 2.14. The molecule has 1 aromatic rings. The van der Waals surface area contributed by atoms with Crippen LogP contribution in [0.25, 0.3) is 0 Å². The number of hydrogen-bond donors (Lipinski definition) is 0. The summed E-state index contributed by atoms with van der Waals surface area (Å²) >= 11 is 0. The van der Waals surface area contributed by atoms with E-state index in [0.29, 0.717) is 0 Å². The van der Waals surface area contributed by atoms with E-state index in [-0.39, 0.29) is 37.4 Å². The van der Waals surface area contributed by atoms with Crippen LogP contribution >= 0.6 is 0 Å². The normalized spacial score (nSPS) is 23.9. The first-order valence-corrected chi connectivity index (χ1v) is 8.40. The van der Waals surface area contributed by atoms with Crippen LogP contribution < -0.4 is 0 Å². The van der Waals surface area contributed by atoms with E-state index in [0.717, 1.165) is 16.4 Å². The number of benzene rings is 1. The van der Waals surface area contributed by atoms with Crippen molar-refractivity contribution in [2.24, 2.45) is 0 Å². The predicted octanol–water partition coefficient (Wildman–Crippen LogP) is 1.75. The average Bonchev–Trinajstić information content (AvgIpc) is 2.40. The second kappa shape index (κ2) is 6.57. The molecule has 1 fully saturated rings. The highest BCUT2D eigenvalue weighted by Crippen LogP contribution is 2.19. The topological polar surface area (TPSA) is 49.9 Å². The highest BCUT2D eigenvalue weighted by molar-refractivity contribution is 7.86. The maximum atomic E-state index is 13.7. The van der Waals surface area contributed by atoms with E-state index in [9.17, 15) is 17.2 Å². The molecule has 1 aliphatic heterocycles. The molecule has 0 spiro atoms. The largest absolute Gasteiger partial charge is 0.373 e. The Kier molecular flexibility index (Phi) is 5.16. The van der Waals surface area contributed by atoms with Gasteiger partial charge in [0.25, 0.3) is 10.2 Å². The van der Waals surface area contributed by atoms with Crippen molar-refractivity contribution in [1.82, 2.24) is 8.61 Å². The number of morpholine rings is 1. The fourth-order valence-electron chi connectivity index (χ4n) is 2.49. The first-order valence-electron chi connectivity index (χ1n) is 7.01. The summed E-state index contributed by atoms with van der Waals surface area (Å²) in [5, 5.41) is 0. The number of halogens is 2. The van der Waals surface area contributed by atoms with Crippen LogP contribution in [-0.2, 0) is 21.5 Å². The summed E-state index contributed by atoms with van der Waals surface area (Å²) in [5.41, 5.74) is 0.127. The maximum absolute atomic E-state index is 13.7. The van der Waals surface area contributed by atoms with Gasteiger partial charge in [-0.25, -0.2) is 8.78 Å². The monoisotopic (exact) mass is 334 g/mol. The lowest BCUT2D eigenvalue weighted by molar-refractivity contribution is -0.0453. The fraction of sp³-hybridized carbons (Fsp3) is 0.571. The van der Waals surface area contributed by atoms with Gasteiger partial charge in [0, 0.05) is 38.3 Å². The fourth-order valence-corrected chi connectivity index (χ4v) is 3.98. The molecule has 0 aromatic heterocycles. The first-order chi connectivity index (χ1) is 10.2. The maximum Gasteiger partial charge on any atom is 0.282 e. The lowest BCUT2D eigenvalue weighted by Crippen LogP contribution is -2.52. The van der Waals surface area contributed by atoms with Crippen molar-refractivity contribution in [3.8, 4) is 0 Å². The van der Waals surface area contributed by atoms with Crippen molar-refractivity contribution in [3.63, 3.8) is 0 Å². The molecule has 1 aromatic carbocycles. The van der Waals surface area contributed by atoms with Crippen LogP contribution in [0.15, 0.2) is 18.2 Å². The molecule has 124 valence electrons. The third kappa shape index (κ3) is 3.81. The summed E-state index contributed by atoms with van der Waals surface area (Å²) in [7, 11) is -2.35. The van der Waals surface area contributed by atoms with E-state index >= 15 is 0 Å². The molecule has 2 rings (SSSR count). The van der Waals surface area contributed by atoms with Crippen LogP contribution in [0.3, 0.4) is 0 Å². The second-order valence-electron chi connectivity index (χ2n) is 5.57. The van der Waals surface area contributed by atoms with Gasteiger partial charge in [0.15, 0.2) is 0 Å². The Hall–Kier alpha value is -1.09. The van der Waals surface area contributed by atoms with Crippen LogP contribution in [0.4, 0.5) is 8.78 Å². The zero-order chi connectivity index (χ0) is 16.5. The molecule has 1 heterocycles. The summed E-state index contributed by atoms with van der Waals surface area (Å²) in [6.07, 6.45) is -0.399. The SMILES string of the molecule is CC1CN(S(=O)(=O)N(C)Cc2ccc(F)cc2F)CC(C)O1. The van der Waals surface area contributed by atoms with Gasteiger partial charge in [-0.15, -0.1) is 0 Å². The van der Waals surface area contributed by atoms with Gasteiger partial charge in [-0.2, -0.15) is 17.0 Å². The molecule has 1 aliphatic rings. The smallest absolute Gasteiger partial charge is 0.282 e. The van der Waals surface area contributed by atoms with E-state index < -0.39 is 21.8 Å². The van der Waals surface area contributed by atoms with Crippen molar-refractivity contribution in [2.75, 3.05) is 20.1 Å². The quantitative estimate of drug-likeness (QED) is 0.843. The van der Waals surface area contributed by atoms with Gasteiger partial charge in [-0.1, -0.05) is 6.07 Å². The summed E-state index contributed by atoms with van der Waals surface area (Å²) in [5.74, 6) is -1.45. The number of rotatable bonds is 4. The molecule has 2 atom stereocenters. The van der Waals surface area contributed by atoms with Crippen molar-refractivity contribution < 1.29 is 21.9 Å². The van der Waals surface area contributed by atoms with Gasteiger partial charge in [-0.05, 0) is 19.9 Å². The summed E-state index contributed by atoms with van der Waals surface area (Å²) in [6.45, 7) is 3.95. The lowest BCUT2D eigenvalue weighted by atomic mass is 10.2. The minimum Gasteiger partial charge on any atom is -0.373 e. The van der Waals surface area contributed by atoms with E-state index in [1.807, 2.05) is 0 Å². The minimum atomic E-state index is -3.73. The molecular formula is C14H20F2N2O3S. The second-order valence-corrected chi connectivity index (χ2v) is 7.61. The van der Waals surface area contributed by atoms with E-state index in [1.165, 1.54) is 17.4 Å². The zero-order valence-corrected chi connectivity index (χ0v) is 13.6. The Morgan fingerprint density at radius 2 is 1.86 bits per heavy atom. The minimum absolute atomic E-state index is 0.127. The number of nitrogens with zero attached hydrogens (tertiary/aromatic N) is 2. The first kappa shape index (κ1) is 17.3. The Morgan fingerprint density at radius 1 is 1.27 bits per heavy atom. The van der Waals surface area contributed by atoms with Gasteiger partial charge in [0.1, 0.15) is 11.6 Å². The standard InChI is InChI=1S/C14H20F2N2O3S/c1-10-7-18(8-11(2)21-10)22(19,20)17(3)9-12-4-5-13(15)6-14(12)16/h4-6,10-11H,7-9H2,1-3H3. The molecule has 0 saturated carbocycles. The zero-order valence-electron chi connectivity index (χ0n) is 12.8. The molecule has 22 heavy (non-hydrogen) atoms. The molecule has 0 bridgehead atoms. The molecule has 1 saturated heterocycles. The molecule has 0 radical (unpaired) electrons. The van der Waals surface area contributed by atoms with Crippen LogP contribution in [0.1, 0.15) is 19.4 Å². The Morgan fingerprint density at radius 3 is 2.41 bits per heavy atom. The molecule has 0 aliphatic carbocycles. The van der Waals surface area contributed by atoms with Crippen molar-refractivity contribution in [2.45, 2.75) is 32.6 Å². The van der Waals surface area contributed by atoms with Crippen molar-refractivity contribution in [1.29, 1.82) is 0 Å². The van der Waals surface area contributed by atoms with E-state index in [1.54, 1.807) is 13.8 Å². The summed E-state index contributed by atoms with van der Waals surface area (Å²) < 4.78 is 59.6. The highest BCUT2D eigenvalue weighted by Gasteiger charge is 2.33. The Labute approximate surface area is 129 Å². The molecular weight excluding hydrogens is 314 g/mol. The molecule has 0 N–H and O–H groups in total. The van der Waals surface area contributed by atoms with Gasteiger partial charge >= 0.3 is 0 Å². The van der Waals surface area contributed by atoms with Crippen LogP contribution in [0, 0.1) is 11.6 Å². The highest BCUT2D eigenvalue weighted by atomic mass is 32.2. The van der Waals surface area contributed by atoms with Gasteiger partial charge in [0.05, 0.1) is 12.2 Å². The molecule has 5 nitrogen and oxygen atoms in total. The van der Waals surface area contributed by atoms with Crippen LogP contribution in [0.5, 0.6) is 0 Å². The van der Waals surface area contributed by atoms with Crippen LogP contribution in [0.2, 0.25) is 0 Å². The Bertz CT molecular complexity index is 629. The number of hydrogen-bond acceptors (Lipinski definition) is 3. The van der Waals surface area contributed by atoms with Crippen molar-refractivity contribution in [3.05, 3.63) is 35.4 Å². The molecule has 0 amide bonds. The lowest BCUT2D eigenvalue weighted by Gasteiger charge is -2.36. The van der Waals surface area contributed by atoms with Gasteiger partial charge < -0.3 is 4.74 Å². The van der Waals surface area contributed by atoms with Crippen LogP contribution in [-0.4, -0.2) is 49.4 Å². The molecule has 2 unspecified atom stereocenters. The molecule has 8 heteroatoms. The summed E-state index contributed by atoms with van der Waals surface area (Å²) in [4.78, 5) is 0. The average molecular weight is 334 g/mol. The third-order valence-electron chi connectivity index (χ3n) is 3.51. The van der Waals surface area contributed by atoms with E-state index in [2.05, 4.69) is 0 Å². The summed E-state index contributed by atoms with van der Waals surface area (Å²) in [6, 6.07) is 3.10. The van der Waals surface area contributed by atoms with Gasteiger partial charge in [0.2, 0.25) is 0 Å². The van der Waals surface area contributed by atoms with E-state index in [4.69, 9.17) is 4.74 Å². The van der Waals surface area contributed by atoms with Crippen molar-refractivity contribution >= 4 is 10.2 Å². The third-order valence-corrected chi connectivity index (χ3v) is 5.38. The predicted molar refractivity (Wildman–Crippen MR) is 78.3 cm³/mol.